The van der Waals surface area contributed by atoms with Gasteiger partial charge in [0.05, 0.1) is 5.69 Å². The zero-order chi connectivity index (χ0) is 15.6. The molecule has 2 aromatic heterocycles. The van der Waals surface area contributed by atoms with Gasteiger partial charge in [-0.15, -0.1) is 6.42 Å². The van der Waals surface area contributed by atoms with E-state index in [0.717, 1.165) is 20.0 Å². The van der Waals surface area contributed by atoms with Crippen molar-refractivity contribution >= 4 is 11.3 Å². The molecular weight excluding hydrogens is 275 g/mol. The van der Waals surface area contributed by atoms with Crippen LogP contribution in [0.1, 0.15) is 31.6 Å². The SMILES string of the molecule is C#CC1(C)CCC(c2cc(F)c3c(N)ncnn23)O1.CO. The van der Waals surface area contributed by atoms with Gasteiger partial charge in [-0.3, -0.25) is 0 Å². The topological polar surface area (TPSA) is 85.7 Å². The summed E-state index contributed by atoms with van der Waals surface area (Å²) >= 11 is 0. The third-order valence-electron chi connectivity index (χ3n) is 3.48. The van der Waals surface area contributed by atoms with Gasteiger partial charge >= 0.3 is 0 Å². The lowest BCUT2D eigenvalue weighted by Gasteiger charge is -2.18. The number of rotatable bonds is 1. The van der Waals surface area contributed by atoms with Crippen molar-refractivity contribution in [2.75, 3.05) is 12.8 Å². The summed E-state index contributed by atoms with van der Waals surface area (Å²) in [7, 11) is 1.00. The highest BCUT2D eigenvalue weighted by atomic mass is 19.1. The van der Waals surface area contributed by atoms with Gasteiger partial charge in [-0.05, 0) is 19.8 Å². The summed E-state index contributed by atoms with van der Waals surface area (Å²) < 4.78 is 21.2. The monoisotopic (exact) mass is 292 g/mol. The number of halogens is 1. The highest BCUT2D eigenvalue weighted by molar-refractivity contribution is 5.66. The Morgan fingerprint density at radius 1 is 1.62 bits per heavy atom. The lowest BCUT2D eigenvalue weighted by molar-refractivity contribution is 0.00766. The van der Waals surface area contributed by atoms with Crippen LogP contribution in [-0.4, -0.2) is 32.4 Å². The molecule has 2 atom stereocenters. The Kier molecular flexibility index (Phi) is 4.11. The van der Waals surface area contributed by atoms with Crippen molar-refractivity contribution in [1.29, 1.82) is 0 Å². The van der Waals surface area contributed by atoms with Crippen molar-refractivity contribution in [3.63, 3.8) is 0 Å². The summed E-state index contributed by atoms with van der Waals surface area (Å²) in [6.07, 6.45) is 7.90. The van der Waals surface area contributed by atoms with Crippen molar-refractivity contribution in [1.82, 2.24) is 14.6 Å². The van der Waals surface area contributed by atoms with E-state index in [1.807, 2.05) is 6.92 Å². The molecule has 7 heteroatoms. The number of nitrogens with zero attached hydrogens (tertiary/aromatic N) is 3. The van der Waals surface area contributed by atoms with E-state index >= 15 is 0 Å². The standard InChI is InChI=1S/C13H13FN4O.CH4O/c1-3-13(2)5-4-10(19-13)9-6-8(14)11-12(15)16-7-17-18(9)11;1-2/h1,6-7,10H,4-5H2,2H3,(H2,15,16,17);2H,1H3. The average Bonchev–Trinajstić information content (AvgIpc) is 3.04. The number of aliphatic hydroxyl groups is 1. The molecule has 3 heterocycles. The average molecular weight is 292 g/mol. The van der Waals surface area contributed by atoms with E-state index in [0.29, 0.717) is 5.69 Å². The summed E-state index contributed by atoms with van der Waals surface area (Å²) in [6, 6.07) is 1.38. The highest BCUT2D eigenvalue weighted by Crippen LogP contribution is 2.39. The molecule has 21 heavy (non-hydrogen) atoms. The number of fused-ring (bicyclic) bond motifs is 1. The Morgan fingerprint density at radius 3 is 2.95 bits per heavy atom. The van der Waals surface area contributed by atoms with Crippen LogP contribution >= 0.6 is 0 Å². The van der Waals surface area contributed by atoms with Gasteiger partial charge in [0, 0.05) is 13.2 Å². The van der Waals surface area contributed by atoms with Crippen LogP contribution in [0, 0.1) is 18.2 Å². The zero-order valence-corrected chi connectivity index (χ0v) is 11.9. The molecule has 0 spiro atoms. The smallest absolute Gasteiger partial charge is 0.154 e. The molecule has 0 saturated carbocycles. The van der Waals surface area contributed by atoms with Crippen LogP contribution in [0.2, 0.25) is 0 Å². The minimum atomic E-state index is -0.607. The Morgan fingerprint density at radius 2 is 2.33 bits per heavy atom. The van der Waals surface area contributed by atoms with Crippen LogP contribution in [0.15, 0.2) is 12.4 Å². The molecule has 1 saturated heterocycles. The first-order valence-electron chi connectivity index (χ1n) is 6.42. The maximum Gasteiger partial charge on any atom is 0.154 e. The molecule has 0 radical (unpaired) electrons. The molecule has 1 fully saturated rings. The molecular formula is C14H17FN4O2. The zero-order valence-electron chi connectivity index (χ0n) is 11.9. The van der Waals surface area contributed by atoms with Gasteiger partial charge in [-0.1, -0.05) is 5.92 Å². The Bertz CT molecular complexity index is 694. The minimum Gasteiger partial charge on any atom is -0.400 e. The van der Waals surface area contributed by atoms with Crippen molar-refractivity contribution in [2.45, 2.75) is 31.5 Å². The summed E-state index contributed by atoms with van der Waals surface area (Å²) in [6.45, 7) is 1.85. The fourth-order valence-electron chi connectivity index (χ4n) is 2.43. The molecule has 2 unspecified atom stereocenters. The molecule has 2 aromatic rings. The fourth-order valence-corrected chi connectivity index (χ4v) is 2.43. The number of ether oxygens (including phenoxy) is 1. The Balaban J connectivity index is 0.000000774. The lowest BCUT2D eigenvalue weighted by Crippen LogP contribution is -2.20. The summed E-state index contributed by atoms with van der Waals surface area (Å²) in [5, 5.41) is 11.0. The van der Waals surface area contributed by atoms with E-state index < -0.39 is 11.4 Å². The van der Waals surface area contributed by atoms with Crippen LogP contribution in [0.3, 0.4) is 0 Å². The quantitative estimate of drug-likeness (QED) is 0.774. The highest BCUT2D eigenvalue weighted by Gasteiger charge is 2.37. The molecule has 6 nitrogen and oxygen atoms in total. The lowest BCUT2D eigenvalue weighted by atomic mass is 10.0. The number of aliphatic hydroxyl groups excluding tert-OH is 1. The summed E-state index contributed by atoms with van der Waals surface area (Å²) in [5.41, 5.74) is 5.84. The van der Waals surface area contributed by atoms with Crippen LogP contribution in [0.25, 0.3) is 5.52 Å². The predicted octanol–water partition coefficient (Wildman–Crippen LogP) is 1.30. The van der Waals surface area contributed by atoms with Crippen LogP contribution in [0.5, 0.6) is 0 Å². The van der Waals surface area contributed by atoms with E-state index in [1.165, 1.54) is 16.9 Å². The van der Waals surface area contributed by atoms with Gasteiger partial charge in [-0.2, -0.15) is 5.10 Å². The second kappa shape index (κ2) is 5.68. The molecule has 3 N–H and O–H groups in total. The largest absolute Gasteiger partial charge is 0.400 e. The maximum absolute atomic E-state index is 13.9. The molecule has 0 aromatic carbocycles. The number of hydrogen-bond donors (Lipinski definition) is 2. The van der Waals surface area contributed by atoms with E-state index in [-0.39, 0.29) is 17.4 Å². The first kappa shape index (κ1) is 15.2. The minimum absolute atomic E-state index is 0.108. The number of nitrogen functional groups attached to an aromatic ring is 1. The molecule has 3 rings (SSSR count). The van der Waals surface area contributed by atoms with Gasteiger partial charge in [0.15, 0.2) is 11.6 Å². The third-order valence-corrected chi connectivity index (χ3v) is 3.48. The second-order valence-electron chi connectivity index (χ2n) is 4.84. The molecule has 0 amide bonds. The van der Waals surface area contributed by atoms with Crippen LogP contribution in [-0.2, 0) is 4.74 Å². The predicted molar refractivity (Wildman–Crippen MR) is 75.8 cm³/mol. The van der Waals surface area contributed by atoms with Crippen molar-refractivity contribution < 1.29 is 14.2 Å². The van der Waals surface area contributed by atoms with Gasteiger partial charge in [0.1, 0.15) is 23.5 Å². The van der Waals surface area contributed by atoms with Crippen molar-refractivity contribution in [2.24, 2.45) is 0 Å². The number of terminal acetylenes is 1. The molecule has 1 aliphatic heterocycles. The summed E-state index contributed by atoms with van der Waals surface area (Å²) in [5.74, 6) is 2.28. The van der Waals surface area contributed by atoms with Crippen LogP contribution < -0.4 is 5.73 Å². The van der Waals surface area contributed by atoms with Crippen molar-refractivity contribution in [3.8, 4) is 12.3 Å². The number of nitrogens with two attached hydrogens (primary N) is 1. The molecule has 1 aliphatic rings. The number of aromatic nitrogens is 3. The molecule has 0 aliphatic carbocycles. The van der Waals surface area contributed by atoms with E-state index in [9.17, 15) is 4.39 Å². The van der Waals surface area contributed by atoms with Gasteiger partial charge in [-0.25, -0.2) is 13.9 Å². The van der Waals surface area contributed by atoms with Gasteiger partial charge in [0.25, 0.3) is 0 Å². The summed E-state index contributed by atoms with van der Waals surface area (Å²) in [4.78, 5) is 3.79. The normalized spacial score (nSPS) is 24.4. The third kappa shape index (κ3) is 2.55. The van der Waals surface area contributed by atoms with Gasteiger partial charge in [0.2, 0.25) is 0 Å². The number of anilines is 1. The van der Waals surface area contributed by atoms with E-state index in [2.05, 4.69) is 16.0 Å². The first-order chi connectivity index (χ1) is 10.0. The second-order valence-corrected chi connectivity index (χ2v) is 4.84. The molecule has 112 valence electrons. The number of hydrogen-bond acceptors (Lipinski definition) is 5. The maximum atomic E-state index is 13.9. The Hall–Kier alpha value is -2.17. The fraction of sp³-hybridized carbons (Fsp3) is 0.429. The van der Waals surface area contributed by atoms with Crippen LogP contribution in [0.4, 0.5) is 10.2 Å². The Labute approximate surface area is 121 Å². The van der Waals surface area contributed by atoms with Crippen molar-refractivity contribution in [3.05, 3.63) is 23.9 Å². The molecule has 0 bridgehead atoms. The van der Waals surface area contributed by atoms with Gasteiger partial charge < -0.3 is 15.6 Å². The van der Waals surface area contributed by atoms with E-state index in [4.69, 9.17) is 22.0 Å². The van der Waals surface area contributed by atoms with E-state index in [1.54, 1.807) is 0 Å². The first-order valence-corrected chi connectivity index (χ1v) is 6.42.